The Hall–Kier alpha value is -1.33. The molecular weight excluding hydrogens is 322 g/mol. The quantitative estimate of drug-likeness (QED) is 0.843. The van der Waals surface area contributed by atoms with E-state index in [1.54, 1.807) is 6.26 Å². The molecule has 4 nitrogen and oxygen atoms in total. The molecule has 20 heavy (non-hydrogen) atoms. The Morgan fingerprint density at radius 2 is 2.35 bits per heavy atom. The summed E-state index contributed by atoms with van der Waals surface area (Å²) in [6, 6.07) is 4.41. The van der Waals surface area contributed by atoms with Crippen molar-refractivity contribution < 1.29 is 14.3 Å². The molecule has 2 atom stereocenters. The number of hydrogen-bond donors (Lipinski definition) is 1. The van der Waals surface area contributed by atoms with Gasteiger partial charge in [-0.3, -0.25) is 4.79 Å². The third-order valence-electron chi connectivity index (χ3n) is 3.65. The first kappa shape index (κ1) is 13.6. The molecule has 2 aliphatic heterocycles. The van der Waals surface area contributed by atoms with E-state index in [9.17, 15) is 4.79 Å². The van der Waals surface area contributed by atoms with Crippen molar-refractivity contribution >= 4 is 28.0 Å². The van der Waals surface area contributed by atoms with Crippen LogP contribution in [0.1, 0.15) is 36.1 Å². The molecule has 0 spiro atoms. The van der Waals surface area contributed by atoms with Crippen molar-refractivity contribution in [2.75, 3.05) is 6.54 Å². The van der Waals surface area contributed by atoms with Gasteiger partial charge >= 0.3 is 5.97 Å². The van der Waals surface area contributed by atoms with Gasteiger partial charge in [0.05, 0.1) is 6.26 Å². The first-order valence-corrected chi connectivity index (χ1v) is 7.44. The number of carbonyl (C=O) groups is 1. The van der Waals surface area contributed by atoms with Crippen molar-refractivity contribution in [3.8, 4) is 0 Å². The van der Waals surface area contributed by atoms with Crippen molar-refractivity contribution in [3.05, 3.63) is 39.6 Å². The Kier molecular flexibility index (Phi) is 3.81. The molecule has 2 unspecified atom stereocenters. The van der Waals surface area contributed by atoms with Gasteiger partial charge in [0.25, 0.3) is 0 Å². The molecule has 5 heteroatoms. The summed E-state index contributed by atoms with van der Waals surface area (Å²) in [4.78, 5) is 11.0. The third kappa shape index (κ3) is 2.74. The fourth-order valence-electron chi connectivity index (χ4n) is 2.82. The molecule has 0 saturated carbocycles. The highest BCUT2D eigenvalue weighted by molar-refractivity contribution is 9.10. The average molecular weight is 338 g/mol. The minimum Gasteiger partial charge on any atom is -0.496 e. The number of carbonyl (C=O) groups excluding carboxylic acids is 1. The van der Waals surface area contributed by atoms with Gasteiger partial charge in [-0.15, -0.1) is 0 Å². The molecular formula is C15H16BrNO3. The zero-order valence-electron chi connectivity index (χ0n) is 11.2. The number of esters is 1. The van der Waals surface area contributed by atoms with Gasteiger partial charge < -0.3 is 14.8 Å². The van der Waals surface area contributed by atoms with Gasteiger partial charge in [-0.25, -0.2) is 0 Å². The molecule has 0 aliphatic carbocycles. The Morgan fingerprint density at radius 3 is 3.15 bits per heavy atom. The highest BCUT2D eigenvalue weighted by Gasteiger charge is 2.30. The number of rotatable bonds is 2. The predicted molar refractivity (Wildman–Crippen MR) is 78.9 cm³/mol. The third-order valence-corrected chi connectivity index (χ3v) is 4.11. The number of nitrogens with one attached hydrogen (secondary N) is 1. The van der Waals surface area contributed by atoms with Gasteiger partial charge in [-0.1, -0.05) is 15.9 Å². The van der Waals surface area contributed by atoms with Crippen LogP contribution in [0.4, 0.5) is 0 Å². The highest BCUT2D eigenvalue weighted by Crippen LogP contribution is 2.34. The predicted octanol–water partition coefficient (Wildman–Crippen LogP) is 2.92. The fourth-order valence-corrected chi connectivity index (χ4v) is 3.32. The maximum atomic E-state index is 11.0. The van der Waals surface area contributed by atoms with Crippen molar-refractivity contribution in [3.63, 3.8) is 0 Å². The monoisotopic (exact) mass is 337 g/mol. The van der Waals surface area contributed by atoms with Gasteiger partial charge in [0, 0.05) is 36.0 Å². The second-order valence-electron chi connectivity index (χ2n) is 5.10. The SMILES string of the molecule is CC(=O)OC1CNC(c2cc(Br)cc3c2COC=C3)C1. The van der Waals surface area contributed by atoms with Gasteiger partial charge in [-0.05, 0) is 29.3 Å². The smallest absolute Gasteiger partial charge is 0.302 e. The number of hydrogen-bond acceptors (Lipinski definition) is 4. The molecule has 0 aromatic heterocycles. The molecule has 0 bridgehead atoms. The summed E-state index contributed by atoms with van der Waals surface area (Å²) in [5.41, 5.74) is 3.60. The summed E-state index contributed by atoms with van der Waals surface area (Å²) in [7, 11) is 0. The van der Waals surface area contributed by atoms with Crippen molar-refractivity contribution in [2.45, 2.75) is 32.1 Å². The van der Waals surface area contributed by atoms with Gasteiger partial charge in [0.1, 0.15) is 12.7 Å². The summed E-state index contributed by atoms with van der Waals surface area (Å²) in [6.07, 6.45) is 4.45. The molecule has 0 radical (unpaired) electrons. The van der Waals surface area contributed by atoms with Crippen LogP contribution in [0.25, 0.3) is 6.08 Å². The van der Waals surface area contributed by atoms with Crippen LogP contribution in [0.3, 0.4) is 0 Å². The Morgan fingerprint density at radius 1 is 1.50 bits per heavy atom. The first-order valence-electron chi connectivity index (χ1n) is 6.64. The maximum absolute atomic E-state index is 11.0. The van der Waals surface area contributed by atoms with Crippen LogP contribution >= 0.6 is 15.9 Å². The molecule has 1 fully saturated rings. The molecule has 1 saturated heterocycles. The van der Waals surface area contributed by atoms with Crippen LogP contribution in [0.5, 0.6) is 0 Å². The van der Waals surface area contributed by atoms with E-state index < -0.39 is 0 Å². The van der Waals surface area contributed by atoms with Crippen LogP contribution in [-0.2, 0) is 20.9 Å². The molecule has 106 valence electrons. The minimum atomic E-state index is -0.222. The summed E-state index contributed by atoms with van der Waals surface area (Å²) in [6.45, 7) is 2.74. The van der Waals surface area contributed by atoms with Gasteiger partial charge in [0.2, 0.25) is 0 Å². The summed E-state index contributed by atoms with van der Waals surface area (Å²) in [5, 5.41) is 3.43. The number of fused-ring (bicyclic) bond motifs is 1. The van der Waals surface area contributed by atoms with E-state index in [4.69, 9.17) is 9.47 Å². The van der Waals surface area contributed by atoms with Gasteiger partial charge in [-0.2, -0.15) is 0 Å². The van der Waals surface area contributed by atoms with Crippen LogP contribution < -0.4 is 5.32 Å². The van der Waals surface area contributed by atoms with E-state index in [0.29, 0.717) is 13.2 Å². The molecule has 1 aromatic rings. The molecule has 2 heterocycles. The van der Waals surface area contributed by atoms with Crippen LogP contribution in [0.15, 0.2) is 22.9 Å². The van der Waals surface area contributed by atoms with E-state index in [-0.39, 0.29) is 18.1 Å². The topological polar surface area (TPSA) is 47.6 Å². The normalized spacial score (nSPS) is 24.1. The maximum Gasteiger partial charge on any atom is 0.302 e. The summed E-state index contributed by atoms with van der Waals surface area (Å²) < 4.78 is 11.7. The summed E-state index contributed by atoms with van der Waals surface area (Å²) in [5.74, 6) is -0.222. The zero-order chi connectivity index (χ0) is 14.1. The van der Waals surface area contributed by atoms with Crippen LogP contribution in [-0.4, -0.2) is 18.6 Å². The second kappa shape index (κ2) is 5.58. The summed E-state index contributed by atoms with van der Waals surface area (Å²) >= 11 is 3.56. The van der Waals surface area contributed by atoms with Crippen LogP contribution in [0, 0.1) is 0 Å². The molecule has 0 amide bonds. The van der Waals surface area contributed by atoms with E-state index >= 15 is 0 Å². The van der Waals surface area contributed by atoms with Crippen LogP contribution in [0.2, 0.25) is 0 Å². The molecule has 3 rings (SSSR count). The van der Waals surface area contributed by atoms with Crippen molar-refractivity contribution in [2.24, 2.45) is 0 Å². The van der Waals surface area contributed by atoms with E-state index in [1.807, 2.05) is 6.08 Å². The standard InChI is InChI=1S/C15H16BrNO3/c1-9(18)20-12-6-15(17-7-12)13-5-11(16)4-10-2-3-19-8-14(10)13/h2-5,12,15,17H,6-8H2,1H3. The van der Waals surface area contributed by atoms with Crippen molar-refractivity contribution in [1.82, 2.24) is 5.32 Å². The Labute approximate surface area is 126 Å². The van der Waals surface area contributed by atoms with E-state index in [2.05, 4.69) is 33.4 Å². The number of benzene rings is 1. The molecule has 2 aliphatic rings. The lowest BCUT2D eigenvalue weighted by molar-refractivity contribution is -0.145. The largest absolute Gasteiger partial charge is 0.496 e. The zero-order valence-corrected chi connectivity index (χ0v) is 12.8. The van der Waals surface area contributed by atoms with E-state index in [0.717, 1.165) is 10.9 Å². The first-order chi connectivity index (χ1) is 9.63. The highest BCUT2D eigenvalue weighted by atomic mass is 79.9. The number of halogens is 1. The average Bonchev–Trinajstić information content (AvgIpc) is 2.85. The Bertz CT molecular complexity index is 570. The van der Waals surface area contributed by atoms with Crippen molar-refractivity contribution in [1.29, 1.82) is 0 Å². The lowest BCUT2D eigenvalue weighted by Crippen LogP contribution is -2.19. The second-order valence-corrected chi connectivity index (χ2v) is 6.02. The minimum absolute atomic E-state index is 0.0489. The Balaban J connectivity index is 1.86. The fraction of sp³-hybridized carbons (Fsp3) is 0.400. The molecule has 1 N–H and O–H groups in total. The lowest BCUT2D eigenvalue weighted by Gasteiger charge is -2.21. The van der Waals surface area contributed by atoms with E-state index in [1.165, 1.54) is 23.6 Å². The lowest BCUT2D eigenvalue weighted by atomic mass is 9.94. The number of ether oxygens (including phenoxy) is 2. The van der Waals surface area contributed by atoms with Gasteiger partial charge in [0.15, 0.2) is 0 Å². The molecule has 1 aromatic carbocycles.